The van der Waals surface area contributed by atoms with E-state index in [0.29, 0.717) is 0 Å². The Labute approximate surface area is 148 Å². The first-order valence-corrected chi connectivity index (χ1v) is 9.62. The van der Waals surface area contributed by atoms with Crippen molar-refractivity contribution in [1.29, 1.82) is 0 Å². The van der Waals surface area contributed by atoms with E-state index in [1.54, 1.807) is 0 Å². The van der Waals surface area contributed by atoms with Gasteiger partial charge in [0.1, 0.15) is 0 Å². The predicted molar refractivity (Wildman–Crippen MR) is 105 cm³/mol. The van der Waals surface area contributed by atoms with Gasteiger partial charge < -0.3 is 4.90 Å². The van der Waals surface area contributed by atoms with Gasteiger partial charge in [0.25, 0.3) is 0 Å². The summed E-state index contributed by atoms with van der Waals surface area (Å²) in [5.74, 6) is 0. The fraction of sp³-hybridized carbons (Fsp3) is 0.846. The molecule has 0 aromatic heterocycles. The number of allylic oxidation sites excluding steroid dienone is 1. The molecule has 0 amide bonds. The largest absolute Gasteiger partial charge is 0.309 e. The second-order valence-corrected chi connectivity index (χ2v) is 10.2. The van der Waals surface area contributed by atoms with Gasteiger partial charge in [-0.25, -0.2) is 0 Å². The van der Waals surface area contributed by atoms with Crippen molar-refractivity contribution < 1.29 is 0 Å². The zero-order valence-corrected chi connectivity index (χ0v) is 17.4. The molecule has 0 aliphatic rings. The molecule has 17 heavy (non-hydrogen) atoms. The summed E-state index contributed by atoms with van der Waals surface area (Å²) in [6, 6.07) is 0. The molecule has 0 rings (SSSR count). The molecule has 102 valence electrons. The third-order valence-corrected chi connectivity index (χ3v) is 7.15. The number of hydrogen-bond donors (Lipinski definition) is 0. The number of unbranched alkanes of at least 4 members (excludes halogenated alkanes) is 6. The summed E-state index contributed by atoms with van der Waals surface area (Å²) in [4.78, 5) is 2.28. The van der Waals surface area contributed by atoms with Crippen LogP contribution in [0.25, 0.3) is 0 Å². The highest BCUT2D eigenvalue weighted by Crippen LogP contribution is 2.29. The molecule has 0 saturated heterocycles. The fourth-order valence-corrected chi connectivity index (χ4v) is 2.61. The summed E-state index contributed by atoms with van der Waals surface area (Å²) < 4.78 is 2.97. The van der Waals surface area contributed by atoms with Crippen molar-refractivity contribution in [2.45, 2.75) is 51.4 Å². The Kier molecular flexibility index (Phi) is 14.3. The van der Waals surface area contributed by atoms with Crippen LogP contribution in [0, 0.1) is 0 Å². The van der Waals surface area contributed by atoms with E-state index in [9.17, 15) is 0 Å². The quantitative estimate of drug-likeness (QED) is 0.224. The lowest BCUT2D eigenvalue weighted by atomic mass is 10.1. The Morgan fingerprint density at radius 3 is 1.71 bits per heavy atom. The molecule has 0 aliphatic carbocycles. The minimum atomic E-state index is 1.25. The fourth-order valence-electron chi connectivity index (χ4n) is 1.69. The van der Waals surface area contributed by atoms with E-state index in [0.717, 1.165) is 0 Å². The smallest absolute Gasteiger partial charge is 0.0606 e. The summed E-state index contributed by atoms with van der Waals surface area (Å²) in [5.41, 5.74) is 0. The molecule has 0 unspecified atom stereocenters. The third-order valence-electron chi connectivity index (χ3n) is 2.71. The molecule has 0 bridgehead atoms. The molecule has 0 aromatic carbocycles. The number of hydrogen-bond acceptors (Lipinski definition) is 1. The van der Waals surface area contributed by atoms with Crippen LogP contribution in [-0.4, -0.2) is 25.5 Å². The van der Waals surface area contributed by atoms with Gasteiger partial charge in [-0.1, -0.05) is 32.1 Å². The van der Waals surface area contributed by atoms with Crippen LogP contribution >= 0.6 is 67.8 Å². The summed E-state index contributed by atoms with van der Waals surface area (Å²) >= 11 is 7.30. The van der Waals surface area contributed by atoms with Crippen molar-refractivity contribution >= 4 is 67.8 Å². The van der Waals surface area contributed by atoms with E-state index in [1.807, 2.05) is 0 Å². The molecular weight excluding hydrogens is 551 g/mol. The van der Waals surface area contributed by atoms with Gasteiger partial charge in [-0.05, 0) is 108 Å². The Morgan fingerprint density at radius 1 is 0.765 bits per heavy atom. The van der Waals surface area contributed by atoms with Crippen LogP contribution in [0.5, 0.6) is 0 Å². The monoisotopic (exact) mass is 575 g/mol. The minimum absolute atomic E-state index is 1.25. The third kappa shape index (κ3) is 14.1. The lowest BCUT2D eigenvalue weighted by Gasteiger charge is -2.08. The Balaban J connectivity index is 3.17. The highest BCUT2D eigenvalue weighted by molar-refractivity contribution is 14.2. The second-order valence-electron chi connectivity index (χ2n) is 4.69. The van der Waals surface area contributed by atoms with Crippen molar-refractivity contribution in [3.05, 3.63) is 5.17 Å². The van der Waals surface area contributed by atoms with Crippen LogP contribution < -0.4 is 0 Å². The second kappa shape index (κ2) is 12.9. The number of halogens is 3. The van der Waals surface area contributed by atoms with Gasteiger partial charge in [-0.2, -0.15) is 0 Å². The highest BCUT2D eigenvalue weighted by atomic mass is 127. The van der Waals surface area contributed by atoms with Gasteiger partial charge in [-0.15, -0.1) is 0 Å². The van der Waals surface area contributed by atoms with Crippen molar-refractivity contribution in [3.8, 4) is 0 Å². The van der Waals surface area contributed by atoms with E-state index in [4.69, 9.17) is 0 Å². The molecule has 4 heteroatoms. The standard InChI is InChI=1S/C13H24I3N/c1-17(2)11-9-7-5-3-4-6-8-10-12(14)13(15)16/h3-11H2,1-2H3. The van der Waals surface area contributed by atoms with Gasteiger partial charge in [0.2, 0.25) is 0 Å². The molecule has 0 aliphatic heterocycles. The van der Waals surface area contributed by atoms with E-state index in [-0.39, 0.29) is 0 Å². The first-order chi connectivity index (χ1) is 8.04. The minimum Gasteiger partial charge on any atom is -0.309 e. The molecular formula is C13H24I3N. The summed E-state index contributed by atoms with van der Waals surface area (Å²) in [6.07, 6.45) is 11.1. The molecule has 0 aromatic rings. The summed E-state index contributed by atoms with van der Waals surface area (Å²) in [5, 5.41) is 0. The first-order valence-electron chi connectivity index (χ1n) is 6.38. The van der Waals surface area contributed by atoms with Crippen LogP contribution in [0.15, 0.2) is 5.17 Å². The summed E-state index contributed by atoms with van der Waals surface area (Å²) in [6.45, 7) is 1.25. The maximum absolute atomic E-state index is 2.48. The van der Waals surface area contributed by atoms with E-state index >= 15 is 0 Å². The Morgan fingerprint density at radius 2 is 1.24 bits per heavy atom. The van der Waals surface area contributed by atoms with Gasteiger partial charge in [0.05, 0.1) is 1.59 Å². The lowest BCUT2D eigenvalue weighted by Crippen LogP contribution is -2.12. The lowest BCUT2D eigenvalue weighted by molar-refractivity contribution is 0.389. The Hall–Kier alpha value is 1.89. The summed E-state index contributed by atoms with van der Waals surface area (Å²) in [7, 11) is 4.31. The predicted octanol–water partition coefficient (Wildman–Crippen LogP) is 6.14. The highest BCUT2D eigenvalue weighted by Gasteiger charge is 1.97. The average Bonchev–Trinajstić information content (AvgIpc) is 2.25. The van der Waals surface area contributed by atoms with Gasteiger partial charge in [0.15, 0.2) is 0 Å². The van der Waals surface area contributed by atoms with Crippen molar-refractivity contribution in [3.63, 3.8) is 0 Å². The molecule has 0 spiro atoms. The van der Waals surface area contributed by atoms with E-state index in [2.05, 4.69) is 86.8 Å². The Bertz CT molecular complexity index is 211. The molecule has 0 fully saturated rings. The van der Waals surface area contributed by atoms with Crippen LogP contribution in [0.4, 0.5) is 0 Å². The topological polar surface area (TPSA) is 3.24 Å². The van der Waals surface area contributed by atoms with Crippen molar-refractivity contribution in [2.75, 3.05) is 20.6 Å². The van der Waals surface area contributed by atoms with Gasteiger partial charge in [0, 0.05) is 3.58 Å². The first kappa shape index (κ1) is 18.9. The molecule has 0 saturated carbocycles. The van der Waals surface area contributed by atoms with Crippen LogP contribution in [0.2, 0.25) is 0 Å². The van der Waals surface area contributed by atoms with Crippen LogP contribution in [0.1, 0.15) is 51.4 Å². The van der Waals surface area contributed by atoms with Crippen molar-refractivity contribution in [1.82, 2.24) is 4.90 Å². The van der Waals surface area contributed by atoms with Crippen LogP contribution in [0.3, 0.4) is 0 Å². The van der Waals surface area contributed by atoms with E-state index < -0.39 is 0 Å². The van der Waals surface area contributed by atoms with Gasteiger partial charge >= 0.3 is 0 Å². The number of nitrogens with zero attached hydrogens (tertiary/aromatic N) is 1. The van der Waals surface area contributed by atoms with E-state index in [1.165, 1.54) is 63.1 Å². The SMILES string of the molecule is CN(C)CCCCCCCCCC(I)=C(I)I. The maximum atomic E-state index is 2.48. The molecule has 0 radical (unpaired) electrons. The molecule has 0 N–H and O–H groups in total. The van der Waals surface area contributed by atoms with Gasteiger partial charge in [-0.3, -0.25) is 0 Å². The number of rotatable bonds is 10. The normalized spacial score (nSPS) is 10.9. The zero-order valence-electron chi connectivity index (χ0n) is 10.9. The molecule has 1 nitrogen and oxygen atoms in total. The maximum Gasteiger partial charge on any atom is 0.0606 e. The zero-order chi connectivity index (χ0) is 13.1. The van der Waals surface area contributed by atoms with Crippen LogP contribution in [-0.2, 0) is 0 Å². The molecule has 0 atom stereocenters. The van der Waals surface area contributed by atoms with Crippen molar-refractivity contribution in [2.24, 2.45) is 0 Å². The molecule has 0 heterocycles. The average molecular weight is 575 g/mol.